The second kappa shape index (κ2) is 7.47. The third-order valence-electron chi connectivity index (χ3n) is 1.93. The van der Waals surface area contributed by atoms with Crippen molar-refractivity contribution in [2.75, 3.05) is 19.0 Å². The van der Waals surface area contributed by atoms with E-state index in [4.69, 9.17) is 27.9 Å². The fourth-order valence-corrected chi connectivity index (χ4v) is 1.89. The van der Waals surface area contributed by atoms with Crippen molar-refractivity contribution in [3.63, 3.8) is 0 Å². The van der Waals surface area contributed by atoms with Gasteiger partial charge in [0.2, 0.25) is 0 Å². The first-order valence-corrected chi connectivity index (χ1v) is 6.81. The van der Waals surface area contributed by atoms with Crippen LogP contribution in [0, 0.1) is 0 Å². The third-order valence-corrected chi connectivity index (χ3v) is 3.38. The van der Waals surface area contributed by atoms with Gasteiger partial charge in [-0.15, -0.1) is 0 Å². The highest BCUT2D eigenvalue weighted by Crippen LogP contribution is 2.25. The molecule has 0 aliphatic heterocycles. The number of ether oxygens (including phenoxy) is 1. The van der Waals surface area contributed by atoms with Gasteiger partial charge in [-0.25, -0.2) is 9.59 Å². The summed E-state index contributed by atoms with van der Waals surface area (Å²) in [6.07, 6.45) is 0. The van der Waals surface area contributed by atoms with Crippen LogP contribution in [0.1, 0.15) is 6.92 Å². The molecule has 0 aliphatic carbocycles. The summed E-state index contributed by atoms with van der Waals surface area (Å²) in [5, 5.41) is 2.76. The number of anilines is 1. The Hall–Kier alpha value is -1.11. The predicted molar refractivity (Wildman–Crippen MR) is 77.9 cm³/mol. The third kappa shape index (κ3) is 5.18. The van der Waals surface area contributed by atoms with E-state index in [9.17, 15) is 9.59 Å². The molecule has 1 rings (SSSR count). The highest BCUT2D eigenvalue weighted by Gasteiger charge is 2.15. The zero-order chi connectivity index (χ0) is 14.4. The number of nitrogens with one attached hydrogen (secondary N) is 1. The van der Waals surface area contributed by atoms with Gasteiger partial charge in [-0.3, -0.25) is 4.31 Å². The van der Waals surface area contributed by atoms with E-state index in [0.717, 1.165) is 4.31 Å². The van der Waals surface area contributed by atoms with Gasteiger partial charge >= 0.3 is 11.3 Å². The molecule has 0 atom stereocenters. The van der Waals surface area contributed by atoms with Crippen LogP contribution in [0.25, 0.3) is 0 Å². The SMILES string of the molecule is CCOC(=O)SN(C)C(=O)Nc1ccc(Cl)c(Cl)c1. The van der Waals surface area contributed by atoms with Crippen molar-refractivity contribution in [1.29, 1.82) is 0 Å². The van der Waals surface area contributed by atoms with E-state index in [1.54, 1.807) is 19.1 Å². The number of carbonyl (C=O) groups is 2. The van der Waals surface area contributed by atoms with Gasteiger partial charge in [-0.05, 0) is 25.1 Å². The molecule has 1 aromatic carbocycles. The van der Waals surface area contributed by atoms with Crippen molar-refractivity contribution in [3.8, 4) is 0 Å². The lowest BCUT2D eigenvalue weighted by atomic mass is 10.3. The Morgan fingerprint density at radius 3 is 2.63 bits per heavy atom. The minimum atomic E-state index is -0.547. The summed E-state index contributed by atoms with van der Waals surface area (Å²) in [5.74, 6) is 0. The number of urea groups is 1. The summed E-state index contributed by atoms with van der Waals surface area (Å²) < 4.78 is 5.84. The fourth-order valence-electron chi connectivity index (χ4n) is 1.07. The maximum absolute atomic E-state index is 11.8. The molecule has 19 heavy (non-hydrogen) atoms. The van der Waals surface area contributed by atoms with Crippen LogP contribution in [0.15, 0.2) is 18.2 Å². The second-order valence-electron chi connectivity index (χ2n) is 3.33. The monoisotopic (exact) mass is 322 g/mol. The minimum absolute atomic E-state index is 0.258. The molecule has 0 heterocycles. The second-order valence-corrected chi connectivity index (χ2v) is 5.21. The van der Waals surface area contributed by atoms with Gasteiger partial charge in [0.25, 0.3) is 0 Å². The van der Waals surface area contributed by atoms with E-state index in [0.29, 0.717) is 27.7 Å². The van der Waals surface area contributed by atoms with E-state index >= 15 is 0 Å². The molecule has 0 saturated carbocycles. The van der Waals surface area contributed by atoms with Crippen molar-refractivity contribution in [2.24, 2.45) is 0 Å². The van der Waals surface area contributed by atoms with Crippen molar-refractivity contribution in [2.45, 2.75) is 6.92 Å². The van der Waals surface area contributed by atoms with Gasteiger partial charge in [0.1, 0.15) is 0 Å². The van der Waals surface area contributed by atoms with E-state index in [1.165, 1.54) is 13.1 Å². The highest BCUT2D eigenvalue weighted by molar-refractivity contribution is 8.11. The molecule has 1 N–H and O–H groups in total. The zero-order valence-corrected chi connectivity index (χ0v) is 12.6. The Morgan fingerprint density at radius 1 is 1.37 bits per heavy atom. The number of amides is 2. The van der Waals surface area contributed by atoms with Crippen LogP contribution in [-0.4, -0.2) is 29.3 Å². The van der Waals surface area contributed by atoms with Crippen molar-refractivity contribution < 1.29 is 14.3 Å². The Bertz CT molecular complexity index is 485. The molecule has 0 unspecified atom stereocenters. The van der Waals surface area contributed by atoms with Gasteiger partial charge in [0.15, 0.2) is 0 Å². The average molecular weight is 323 g/mol. The summed E-state index contributed by atoms with van der Waals surface area (Å²) in [6, 6.07) is 4.22. The van der Waals surface area contributed by atoms with Gasteiger partial charge in [0.05, 0.1) is 28.6 Å². The van der Waals surface area contributed by atoms with E-state index in [2.05, 4.69) is 5.32 Å². The Kier molecular flexibility index (Phi) is 6.27. The van der Waals surface area contributed by atoms with Crippen LogP contribution in [0.5, 0.6) is 0 Å². The lowest BCUT2D eigenvalue weighted by molar-refractivity contribution is 0.180. The first-order chi connectivity index (χ1) is 8.93. The Balaban J connectivity index is 2.58. The number of rotatable bonds is 2. The van der Waals surface area contributed by atoms with Gasteiger partial charge in [-0.1, -0.05) is 23.2 Å². The largest absolute Gasteiger partial charge is 0.457 e. The summed E-state index contributed by atoms with van der Waals surface area (Å²) >= 11 is 12.2. The van der Waals surface area contributed by atoms with Gasteiger partial charge in [-0.2, -0.15) is 0 Å². The Labute approximate surface area is 125 Å². The number of halogens is 2. The number of benzene rings is 1. The summed E-state index contributed by atoms with van der Waals surface area (Å²) in [4.78, 5) is 22.9. The predicted octanol–water partition coefficient (Wildman–Crippen LogP) is 4.26. The molecule has 0 saturated heterocycles. The number of nitrogens with zero attached hydrogens (tertiary/aromatic N) is 1. The van der Waals surface area contributed by atoms with Gasteiger partial charge < -0.3 is 10.1 Å². The van der Waals surface area contributed by atoms with Crippen LogP contribution in [0.3, 0.4) is 0 Å². The van der Waals surface area contributed by atoms with Crippen LogP contribution >= 0.6 is 35.1 Å². The maximum Gasteiger partial charge on any atom is 0.388 e. The van der Waals surface area contributed by atoms with Crippen molar-refractivity contribution >= 4 is 52.2 Å². The molecule has 0 fully saturated rings. The first-order valence-electron chi connectivity index (χ1n) is 5.28. The highest BCUT2D eigenvalue weighted by atomic mass is 35.5. The molecule has 1 aromatic rings. The van der Waals surface area contributed by atoms with Crippen LogP contribution in [0.4, 0.5) is 15.3 Å². The standard InChI is InChI=1S/C11H12Cl2N2O3S/c1-3-18-11(17)19-15(2)10(16)14-7-4-5-8(12)9(13)6-7/h4-6H,3H2,1-2H3,(H,14,16). The number of carbonyl (C=O) groups excluding carboxylic acids is 2. The van der Waals surface area contributed by atoms with Crippen molar-refractivity contribution in [1.82, 2.24) is 4.31 Å². The molecule has 104 valence electrons. The van der Waals surface area contributed by atoms with E-state index in [-0.39, 0.29) is 6.61 Å². The lowest BCUT2D eigenvalue weighted by Gasteiger charge is -2.15. The molecule has 8 heteroatoms. The van der Waals surface area contributed by atoms with Gasteiger partial charge in [0, 0.05) is 12.7 Å². The summed E-state index contributed by atoms with van der Waals surface area (Å²) in [7, 11) is 1.45. The van der Waals surface area contributed by atoms with Crippen molar-refractivity contribution in [3.05, 3.63) is 28.2 Å². The molecule has 0 aliphatic rings. The quantitative estimate of drug-likeness (QED) is 0.652. The number of hydrogen-bond acceptors (Lipinski definition) is 4. The zero-order valence-electron chi connectivity index (χ0n) is 10.3. The average Bonchev–Trinajstić information content (AvgIpc) is 2.34. The van der Waals surface area contributed by atoms with Crippen LogP contribution in [0.2, 0.25) is 10.0 Å². The van der Waals surface area contributed by atoms with Crippen LogP contribution < -0.4 is 5.32 Å². The minimum Gasteiger partial charge on any atom is -0.457 e. The topological polar surface area (TPSA) is 58.6 Å². The molecular weight excluding hydrogens is 311 g/mol. The smallest absolute Gasteiger partial charge is 0.388 e. The molecule has 0 bridgehead atoms. The van der Waals surface area contributed by atoms with E-state index in [1.807, 2.05) is 0 Å². The molecule has 0 aromatic heterocycles. The molecule has 2 amide bonds. The first kappa shape index (κ1) is 15.9. The molecule has 5 nitrogen and oxygen atoms in total. The summed E-state index contributed by atoms with van der Waals surface area (Å²) in [5.41, 5.74) is 0.482. The number of hydrogen-bond donors (Lipinski definition) is 1. The molecule has 0 spiro atoms. The Morgan fingerprint density at radius 2 is 2.05 bits per heavy atom. The molecular formula is C11H12Cl2N2O3S. The maximum atomic E-state index is 11.8. The van der Waals surface area contributed by atoms with Crippen LogP contribution in [-0.2, 0) is 4.74 Å². The normalized spacial score (nSPS) is 9.89. The lowest BCUT2D eigenvalue weighted by Crippen LogP contribution is -2.27. The fraction of sp³-hybridized carbons (Fsp3) is 0.273. The summed E-state index contributed by atoms with van der Waals surface area (Å²) in [6.45, 7) is 1.95. The van der Waals surface area contributed by atoms with E-state index < -0.39 is 11.3 Å². The molecule has 0 radical (unpaired) electrons.